The van der Waals surface area contributed by atoms with Gasteiger partial charge in [0, 0.05) is 13.2 Å². The maximum Gasteiger partial charge on any atom is 0.321 e. The van der Waals surface area contributed by atoms with E-state index in [1.807, 2.05) is 0 Å². The Bertz CT molecular complexity index is 273. The van der Waals surface area contributed by atoms with Crippen LogP contribution in [0.5, 0.6) is 0 Å². The minimum absolute atomic E-state index is 0.275. The van der Waals surface area contributed by atoms with E-state index < -0.39 is 17.4 Å². The van der Waals surface area contributed by atoms with Gasteiger partial charge in [0.2, 0.25) is 0 Å². The second-order valence-corrected chi connectivity index (χ2v) is 5.57. The Morgan fingerprint density at radius 3 is 1.62 bits per heavy atom. The summed E-state index contributed by atoms with van der Waals surface area (Å²) in [4.78, 5) is 21.5. The van der Waals surface area contributed by atoms with Gasteiger partial charge in [-0.25, -0.2) is 0 Å². The number of hydrogen-bond acceptors (Lipinski definition) is 3. The van der Waals surface area contributed by atoms with Gasteiger partial charge in [-0.05, 0) is 25.7 Å². The van der Waals surface area contributed by atoms with E-state index >= 15 is 0 Å². The van der Waals surface area contributed by atoms with E-state index in [0.29, 0.717) is 12.8 Å². The zero-order chi connectivity index (χ0) is 16.1. The van der Waals surface area contributed by atoms with Crippen LogP contribution in [-0.4, -0.2) is 35.4 Å². The first-order valence-electron chi connectivity index (χ1n) is 8.05. The smallest absolute Gasteiger partial charge is 0.321 e. The summed E-state index contributed by atoms with van der Waals surface area (Å²) < 4.78 is 5.31. The lowest BCUT2D eigenvalue weighted by atomic mass is 9.74. The van der Waals surface area contributed by atoms with Gasteiger partial charge in [0.1, 0.15) is 0 Å². The SMILES string of the molecule is CCCCOCCCC.O=C(O)C1(C(=O)O)CCCCC1. The van der Waals surface area contributed by atoms with Gasteiger partial charge < -0.3 is 14.9 Å². The molecule has 0 heterocycles. The topological polar surface area (TPSA) is 83.8 Å². The van der Waals surface area contributed by atoms with Crippen molar-refractivity contribution in [2.75, 3.05) is 13.2 Å². The third-order valence-electron chi connectivity index (χ3n) is 3.81. The summed E-state index contributed by atoms with van der Waals surface area (Å²) >= 11 is 0. The van der Waals surface area contributed by atoms with Crippen LogP contribution in [0.2, 0.25) is 0 Å². The molecular formula is C16H30O5. The molecule has 5 heteroatoms. The molecule has 0 radical (unpaired) electrons. The maximum atomic E-state index is 10.7. The first-order valence-corrected chi connectivity index (χ1v) is 8.05. The zero-order valence-electron chi connectivity index (χ0n) is 13.4. The molecule has 1 fully saturated rings. The van der Waals surface area contributed by atoms with Crippen molar-refractivity contribution in [3.05, 3.63) is 0 Å². The van der Waals surface area contributed by atoms with Gasteiger partial charge in [-0.1, -0.05) is 46.0 Å². The van der Waals surface area contributed by atoms with E-state index in [0.717, 1.165) is 19.6 Å². The fourth-order valence-corrected chi connectivity index (χ4v) is 2.27. The minimum Gasteiger partial charge on any atom is -0.480 e. The molecular weight excluding hydrogens is 272 g/mol. The number of carbonyl (C=O) groups is 2. The standard InChI is InChI=1S/C8H12O4.C8H18O/c9-6(10)8(7(11)12)4-2-1-3-5-8;1-3-5-7-9-8-6-4-2/h1-5H2,(H,9,10)(H,11,12);3-8H2,1-2H3. The molecule has 0 aromatic carbocycles. The summed E-state index contributed by atoms with van der Waals surface area (Å²) in [5.41, 5.74) is -1.49. The van der Waals surface area contributed by atoms with Gasteiger partial charge in [-0.3, -0.25) is 9.59 Å². The number of carboxylic acids is 2. The van der Waals surface area contributed by atoms with Crippen molar-refractivity contribution in [1.29, 1.82) is 0 Å². The Hall–Kier alpha value is -1.10. The average Bonchev–Trinajstić information content (AvgIpc) is 2.48. The Kier molecular flexibility index (Phi) is 10.9. The van der Waals surface area contributed by atoms with Crippen molar-refractivity contribution in [2.24, 2.45) is 5.41 Å². The van der Waals surface area contributed by atoms with Crippen molar-refractivity contribution >= 4 is 11.9 Å². The molecule has 0 bridgehead atoms. The first kappa shape index (κ1) is 19.9. The summed E-state index contributed by atoms with van der Waals surface area (Å²) in [5, 5.41) is 17.6. The lowest BCUT2D eigenvalue weighted by Gasteiger charge is -2.28. The van der Waals surface area contributed by atoms with Crippen LogP contribution in [0.15, 0.2) is 0 Å². The zero-order valence-corrected chi connectivity index (χ0v) is 13.4. The largest absolute Gasteiger partial charge is 0.480 e. The third-order valence-corrected chi connectivity index (χ3v) is 3.81. The van der Waals surface area contributed by atoms with Crippen LogP contribution in [0.1, 0.15) is 71.6 Å². The van der Waals surface area contributed by atoms with E-state index in [-0.39, 0.29) is 12.8 Å². The molecule has 124 valence electrons. The van der Waals surface area contributed by atoms with Crippen LogP contribution in [0.25, 0.3) is 0 Å². The highest BCUT2D eigenvalue weighted by atomic mass is 16.5. The molecule has 1 aliphatic rings. The Labute approximate surface area is 127 Å². The Balaban J connectivity index is 0.000000400. The van der Waals surface area contributed by atoms with Gasteiger partial charge in [0.25, 0.3) is 0 Å². The first-order chi connectivity index (χ1) is 10.0. The van der Waals surface area contributed by atoms with Crippen molar-refractivity contribution in [3.63, 3.8) is 0 Å². The normalized spacial score (nSPS) is 16.7. The fraction of sp³-hybridized carbons (Fsp3) is 0.875. The third kappa shape index (κ3) is 7.46. The molecule has 0 unspecified atom stereocenters. The summed E-state index contributed by atoms with van der Waals surface area (Å²) in [6, 6.07) is 0. The van der Waals surface area contributed by atoms with Crippen molar-refractivity contribution in [2.45, 2.75) is 71.6 Å². The van der Waals surface area contributed by atoms with Gasteiger partial charge in [-0.15, -0.1) is 0 Å². The molecule has 0 aromatic heterocycles. The molecule has 0 spiro atoms. The van der Waals surface area contributed by atoms with E-state index in [1.54, 1.807) is 0 Å². The summed E-state index contributed by atoms with van der Waals surface area (Å²) in [7, 11) is 0. The lowest BCUT2D eigenvalue weighted by molar-refractivity contribution is -0.167. The molecule has 2 N–H and O–H groups in total. The van der Waals surface area contributed by atoms with E-state index in [2.05, 4.69) is 13.8 Å². The number of carboxylic acid groups (broad SMARTS) is 2. The number of rotatable bonds is 8. The number of unbranched alkanes of at least 4 members (excludes halogenated alkanes) is 2. The number of ether oxygens (including phenoxy) is 1. The predicted molar refractivity (Wildman–Crippen MR) is 81.4 cm³/mol. The van der Waals surface area contributed by atoms with E-state index in [1.165, 1.54) is 25.7 Å². The fourth-order valence-electron chi connectivity index (χ4n) is 2.27. The second kappa shape index (κ2) is 11.5. The van der Waals surface area contributed by atoms with Gasteiger partial charge >= 0.3 is 11.9 Å². The Morgan fingerprint density at radius 1 is 0.905 bits per heavy atom. The highest BCUT2D eigenvalue weighted by molar-refractivity contribution is 5.98. The van der Waals surface area contributed by atoms with Crippen LogP contribution in [0.3, 0.4) is 0 Å². The average molecular weight is 302 g/mol. The minimum atomic E-state index is -1.49. The second-order valence-electron chi connectivity index (χ2n) is 5.57. The molecule has 0 amide bonds. The quantitative estimate of drug-likeness (QED) is 0.527. The molecule has 1 rings (SSSR count). The van der Waals surface area contributed by atoms with Crippen LogP contribution < -0.4 is 0 Å². The predicted octanol–water partition coefficient (Wildman–Crippen LogP) is 3.71. The van der Waals surface area contributed by atoms with Crippen LogP contribution in [-0.2, 0) is 14.3 Å². The van der Waals surface area contributed by atoms with Gasteiger partial charge in [0.15, 0.2) is 5.41 Å². The highest BCUT2D eigenvalue weighted by Gasteiger charge is 2.46. The maximum absolute atomic E-state index is 10.7. The van der Waals surface area contributed by atoms with Crippen LogP contribution in [0, 0.1) is 5.41 Å². The molecule has 21 heavy (non-hydrogen) atoms. The molecule has 0 aliphatic heterocycles. The molecule has 0 saturated heterocycles. The van der Waals surface area contributed by atoms with Gasteiger partial charge in [-0.2, -0.15) is 0 Å². The molecule has 1 aliphatic carbocycles. The number of hydrogen-bond donors (Lipinski definition) is 2. The molecule has 5 nitrogen and oxygen atoms in total. The monoisotopic (exact) mass is 302 g/mol. The molecule has 1 saturated carbocycles. The van der Waals surface area contributed by atoms with Crippen LogP contribution in [0.4, 0.5) is 0 Å². The summed E-state index contributed by atoms with van der Waals surface area (Å²) in [6.07, 6.45) is 7.82. The van der Waals surface area contributed by atoms with Crippen molar-refractivity contribution in [1.82, 2.24) is 0 Å². The van der Waals surface area contributed by atoms with Crippen LogP contribution >= 0.6 is 0 Å². The number of aliphatic carboxylic acids is 2. The Morgan fingerprint density at radius 2 is 1.33 bits per heavy atom. The van der Waals surface area contributed by atoms with Crippen molar-refractivity contribution < 1.29 is 24.5 Å². The lowest BCUT2D eigenvalue weighted by Crippen LogP contribution is -2.40. The van der Waals surface area contributed by atoms with E-state index in [9.17, 15) is 9.59 Å². The van der Waals surface area contributed by atoms with Gasteiger partial charge in [0.05, 0.1) is 0 Å². The molecule has 0 atom stereocenters. The van der Waals surface area contributed by atoms with Crippen molar-refractivity contribution in [3.8, 4) is 0 Å². The summed E-state index contributed by atoms with van der Waals surface area (Å²) in [6.45, 7) is 6.28. The summed E-state index contributed by atoms with van der Waals surface area (Å²) in [5.74, 6) is -2.37. The highest BCUT2D eigenvalue weighted by Crippen LogP contribution is 2.36. The molecule has 0 aromatic rings. The van der Waals surface area contributed by atoms with E-state index in [4.69, 9.17) is 14.9 Å².